The lowest BCUT2D eigenvalue weighted by molar-refractivity contribution is 0.155. The van der Waals surface area contributed by atoms with Gasteiger partial charge in [-0.1, -0.05) is 17.3 Å². The van der Waals surface area contributed by atoms with E-state index in [-0.39, 0.29) is 6.61 Å². The minimum Gasteiger partial charge on any atom is -0.392 e. The summed E-state index contributed by atoms with van der Waals surface area (Å²) in [5, 5.41) is 14.4. The Labute approximate surface area is 116 Å². The number of hydrogen-bond acceptors (Lipinski definition) is 4. The van der Waals surface area contributed by atoms with Gasteiger partial charge >= 0.3 is 0 Å². The van der Waals surface area contributed by atoms with Gasteiger partial charge in [0.15, 0.2) is 5.76 Å². The molecule has 0 aliphatic rings. The standard InChI is InChI=1S/C15H16N2O3/c1-19-10-13-7-12(16-20-13)8-17-6-5-14-11(9-18)3-2-4-15(14)17/h2-7,18H,8-10H2,1H3. The number of aliphatic hydroxyl groups is 1. The van der Waals surface area contributed by atoms with Gasteiger partial charge in [0.05, 0.1) is 13.2 Å². The average molecular weight is 272 g/mol. The summed E-state index contributed by atoms with van der Waals surface area (Å²) in [5.74, 6) is 0.718. The van der Waals surface area contributed by atoms with Crippen LogP contribution in [0.1, 0.15) is 17.0 Å². The molecule has 2 aromatic heterocycles. The van der Waals surface area contributed by atoms with Crippen LogP contribution in [0.4, 0.5) is 0 Å². The largest absolute Gasteiger partial charge is 0.392 e. The Morgan fingerprint density at radius 3 is 3.05 bits per heavy atom. The second-order valence-electron chi connectivity index (χ2n) is 4.67. The Kier molecular flexibility index (Phi) is 3.54. The minimum absolute atomic E-state index is 0.0449. The molecule has 104 valence electrons. The molecule has 0 saturated carbocycles. The van der Waals surface area contributed by atoms with E-state index in [2.05, 4.69) is 9.72 Å². The molecule has 0 amide bonds. The summed E-state index contributed by atoms with van der Waals surface area (Å²) in [7, 11) is 1.62. The molecule has 0 fully saturated rings. The molecule has 0 atom stereocenters. The number of nitrogens with zero attached hydrogens (tertiary/aromatic N) is 2. The van der Waals surface area contributed by atoms with Crippen molar-refractivity contribution in [3.05, 3.63) is 53.5 Å². The van der Waals surface area contributed by atoms with E-state index in [1.165, 1.54) is 0 Å². The number of fused-ring (bicyclic) bond motifs is 1. The van der Waals surface area contributed by atoms with Crippen molar-refractivity contribution in [2.24, 2.45) is 0 Å². The molecular weight excluding hydrogens is 256 g/mol. The number of benzene rings is 1. The predicted octanol–water partition coefficient (Wildman–Crippen LogP) is 2.32. The predicted molar refractivity (Wildman–Crippen MR) is 74.2 cm³/mol. The zero-order valence-electron chi connectivity index (χ0n) is 11.2. The molecule has 0 saturated heterocycles. The van der Waals surface area contributed by atoms with Crippen LogP contribution < -0.4 is 0 Å². The summed E-state index contributed by atoms with van der Waals surface area (Å²) in [6.07, 6.45) is 1.99. The third kappa shape index (κ3) is 2.33. The molecule has 0 unspecified atom stereocenters. The first-order chi connectivity index (χ1) is 9.81. The van der Waals surface area contributed by atoms with Crippen molar-refractivity contribution >= 4 is 10.9 Å². The lowest BCUT2D eigenvalue weighted by Gasteiger charge is -2.04. The Bertz CT molecular complexity index is 715. The molecule has 3 aromatic rings. The molecule has 0 radical (unpaired) electrons. The highest BCUT2D eigenvalue weighted by molar-refractivity contribution is 5.83. The quantitative estimate of drug-likeness (QED) is 0.774. The lowest BCUT2D eigenvalue weighted by Crippen LogP contribution is -1.98. The fourth-order valence-corrected chi connectivity index (χ4v) is 2.38. The smallest absolute Gasteiger partial charge is 0.162 e. The van der Waals surface area contributed by atoms with Crippen molar-refractivity contribution in [3.63, 3.8) is 0 Å². The van der Waals surface area contributed by atoms with Gasteiger partial charge in [-0.3, -0.25) is 0 Å². The number of aromatic nitrogens is 2. The van der Waals surface area contributed by atoms with Crippen LogP contribution in [0.5, 0.6) is 0 Å². The highest BCUT2D eigenvalue weighted by Gasteiger charge is 2.08. The summed E-state index contributed by atoms with van der Waals surface area (Å²) in [6.45, 7) is 1.10. The summed E-state index contributed by atoms with van der Waals surface area (Å²) >= 11 is 0. The average Bonchev–Trinajstić information content (AvgIpc) is 3.07. The van der Waals surface area contributed by atoms with E-state index in [1.54, 1.807) is 7.11 Å². The Balaban J connectivity index is 1.90. The molecule has 5 nitrogen and oxygen atoms in total. The van der Waals surface area contributed by atoms with Gasteiger partial charge in [0.2, 0.25) is 0 Å². The molecule has 1 N–H and O–H groups in total. The molecule has 2 heterocycles. The van der Waals surface area contributed by atoms with Gasteiger partial charge < -0.3 is 18.9 Å². The first kappa shape index (κ1) is 12.9. The molecular formula is C15H16N2O3. The molecule has 20 heavy (non-hydrogen) atoms. The van der Waals surface area contributed by atoms with Gasteiger partial charge in [-0.25, -0.2) is 0 Å². The Hall–Kier alpha value is -2.11. The Morgan fingerprint density at radius 1 is 1.35 bits per heavy atom. The van der Waals surface area contributed by atoms with E-state index < -0.39 is 0 Å². The Morgan fingerprint density at radius 2 is 2.25 bits per heavy atom. The van der Waals surface area contributed by atoms with Crippen molar-refractivity contribution in [2.75, 3.05) is 7.11 Å². The van der Waals surface area contributed by atoms with Gasteiger partial charge in [0.25, 0.3) is 0 Å². The van der Waals surface area contributed by atoms with E-state index in [9.17, 15) is 5.11 Å². The van der Waals surface area contributed by atoms with Crippen LogP contribution in [-0.4, -0.2) is 21.9 Å². The highest BCUT2D eigenvalue weighted by Crippen LogP contribution is 2.21. The maximum absolute atomic E-state index is 9.35. The second-order valence-corrected chi connectivity index (χ2v) is 4.67. The van der Waals surface area contributed by atoms with Gasteiger partial charge in [-0.2, -0.15) is 0 Å². The van der Waals surface area contributed by atoms with Crippen LogP contribution in [0.15, 0.2) is 41.1 Å². The normalized spacial score (nSPS) is 11.3. The van der Waals surface area contributed by atoms with Gasteiger partial charge in [0.1, 0.15) is 12.3 Å². The first-order valence-electron chi connectivity index (χ1n) is 6.43. The van der Waals surface area contributed by atoms with Crippen LogP contribution in [0.25, 0.3) is 10.9 Å². The zero-order chi connectivity index (χ0) is 13.9. The zero-order valence-corrected chi connectivity index (χ0v) is 11.2. The number of ether oxygens (including phenoxy) is 1. The van der Waals surface area contributed by atoms with Crippen molar-refractivity contribution in [1.29, 1.82) is 0 Å². The van der Waals surface area contributed by atoms with E-state index in [4.69, 9.17) is 9.26 Å². The van der Waals surface area contributed by atoms with Gasteiger partial charge in [-0.15, -0.1) is 0 Å². The third-order valence-electron chi connectivity index (χ3n) is 3.30. The molecule has 3 rings (SSSR count). The monoisotopic (exact) mass is 272 g/mol. The maximum atomic E-state index is 9.35. The van der Waals surface area contributed by atoms with Crippen LogP contribution in [0.3, 0.4) is 0 Å². The summed E-state index contributed by atoms with van der Waals surface area (Å²) < 4.78 is 12.3. The maximum Gasteiger partial charge on any atom is 0.162 e. The van der Waals surface area contributed by atoms with Crippen LogP contribution >= 0.6 is 0 Å². The van der Waals surface area contributed by atoms with Crippen molar-refractivity contribution in [3.8, 4) is 0 Å². The van der Waals surface area contributed by atoms with Gasteiger partial charge in [-0.05, 0) is 17.7 Å². The number of aliphatic hydroxyl groups excluding tert-OH is 1. The van der Waals surface area contributed by atoms with E-state index in [1.807, 2.05) is 36.5 Å². The second kappa shape index (κ2) is 5.48. The van der Waals surface area contributed by atoms with E-state index in [0.29, 0.717) is 13.2 Å². The molecule has 0 aliphatic heterocycles. The molecule has 1 aromatic carbocycles. The van der Waals surface area contributed by atoms with E-state index >= 15 is 0 Å². The molecule has 0 aliphatic carbocycles. The van der Waals surface area contributed by atoms with Crippen LogP contribution in [0, 0.1) is 0 Å². The van der Waals surface area contributed by atoms with Crippen molar-refractivity contribution in [1.82, 2.24) is 9.72 Å². The summed E-state index contributed by atoms with van der Waals surface area (Å²) in [6, 6.07) is 9.82. The summed E-state index contributed by atoms with van der Waals surface area (Å²) in [4.78, 5) is 0. The van der Waals surface area contributed by atoms with Crippen LogP contribution in [0.2, 0.25) is 0 Å². The minimum atomic E-state index is 0.0449. The first-order valence-corrected chi connectivity index (χ1v) is 6.43. The molecule has 5 heteroatoms. The fourth-order valence-electron chi connectivity index (χ4n) is 2.38. The fraction of sp³-hybridized carbons (Fsp3) is 0.267. The topological polar surface area (TPSA) is 60.4 Å². The molecule has 0 bridgehead atoms. The third-order valence-corrected chi connectivity index (χ3v) is 3.30. The lowest BCUT2D eigenvalue weighted by atomic mass is 10.1. The highest BCUT2D eigenvalue weighted by atomic mass is 16.5. The van der Waals surface area contributed by atoms with E-state index in [0.717, 1.165) is 27.9 Å². The molecule has 0 spiro atoms. The number of methoxy groups -OCH3 is 1. The number of hydrogen-bond donors (Lipinski definition) is 1. The van der Waals surface area contributed by atoms with Crippen molar-refractivity contribution < 1.29 is 14.4 Å². The van der Waals surface area contributed by atoms with Gasteiger partial charge in [0, 0.05) is 30.3 Å². The van der Waals surface area contributed by atoms with Crippen molar-refractivity contribution in [2.45, 2.75) is 19.8 Å². The number of rotatable bonds is 5. The summed E-state index contributed by atoms with van der Waals surface area (Å²) in [5.41, 5.74) is 2.86. The van der Waals surface area contributed by atoms with Crippen LogP contribution in [-0.2, 0) is 24.5 Å². The SMILES string of the molecule is COCc1cc(Cn2ccc3c(CO)cccc32)no1.